The van der Waals surface area contributed by atoms with Crippen LogP contribution in [0.15, 0.2) is 17.5 Å². The Balaban J connectivity index is 0.000000413. The molecule has 0 saturated heterocycles. The molecule has 0 spiro atoms. The highest BCUT2D eigenvalue weighted by Gasteiger charge is 2.19. The number of carbonyl (C=O) groups excluding carboxylic acids is 1. The lowest BCUT2D eigenvalue weighted by atomic mass is 9.95. The number of aliphatic carboxylic acids is 2. The number of carboxylic acid groups (broad SMARTS) is 2. The zero-order valence-corrected chi connectivity index (χ0v) is 14.5. The molecule has 1 heterocycles. The fourth-order valence-electron chi connectivity index (χ4n) is 2.33. The zero-order chi connectivity index (χ0) is 17.9. The fraction of sp³-hybridized carbons (Fsp3) is 0.562. The van der Waals surface area contributed by atoms with Gasteiger partial charge in [-0.2, -0.15) is 0 Å². The molecule has 0 bridgehead atoms. The van der Waals surface area contributed by atoms with Gasteiger partial charge < -0.3 is 20.8 Å². The Labute approximate surface area is 145 Å². The van der Waals surface area contributed by atoms with Gasteiger partial charge in [0.05, 0.1) is 6.04 Å². The van der Waals surface area contributed by atoms with Crippen LogP contribution in [0.1, 0.15) is 43.9 Å². The van der Waals surface area contributed by atoms with Crippen molar-refractivity contribution in [1.29, 1.82) is 0 Å². The number of rotatable bonds is 5. The van der Waals surface area contributed by atoms with E-state index in [0.717, 1.165) is 19.4 Å². The van der Waals surface area contributed by atoms with Gasteiger partial charge in [0.15, 0.2) is 0 Å². The molecule has 2 rings (SSSR count). The second-order valence-corrected chi connectivity index (χ2v) is 6.67. The summed E-state index contributed by atoms with van der Waals surface area (Å²) < 4.78 is 0. The fourth-order valence-corrected chi connectivity index (χ4v) is 2.99. The monoisotopic (exact) mass is 356 g/mol. The van der Waals surface area contributed by atoms with Crippen molar-refractivity contribution >= 4 is 29.2 Å². The van der Waals surface area contributed by atoms with E-state index >= 15 is 0 Å². The van der Waals surface area contributed by atoms with Gasteiger partial charge in [0.2, 0.25) is 5.91 Å². The minimum absolute atomic E-state index is 0.117. The third kappa shape index (κ3) is 8.07. The Hall–Kier alpha value is -1.93. The highest BCUT2D eigenvalue weighted by molar-refractivity contribution is 7.09. The Kier molecular flexibility index (Phi) is 9.03. The number of nitrogens with one attached hydrogen (secondary N) is 2. The van der Waals surface area contributed by atoms with Crippen LogP contribution in [0.3, 0.4) is 0 Å². The van der Waals surface area contributed by atoms with E-state index in [1.165, 1.54) is 24.1 Å². The van der Waals surface area contributed by atoms with Crippen LogP contribution in [0.4, 0.5) is 0 Å². The van der Waals surface area contributed by atoms with Crippen molar-refractivity contribution in [3.05, 3.63) is 22.4 Å². The normalized spacial score (nSPS) is 15.7. The standard InChI is InChI=1S/C14H22N2OS.C2H2O4/c1-11(15-10-13-8-5-9-18-13)14(17)16-12-6-3-2-4-7-12;3-1(4)2(5)6/h5,8-9,11-12,15H,2-4,6-7,10H2,1H3,(H,16,17);(H,3,4)(H,5,6). The summed E-state index contributed by atoms with van der Waals surface area (Å²) in [5.74, 6) is -3.51. The van der Waals surface area contributed by atoms with E-state index in [2.05, 4.69) is 22.1 Å². The lowest BCUT2D eigenvalue weighted by Crippen LogP contribution is -2.46. The summed E-state index contributed by atoms with van der Waals surface area (Å²) in [6.45, 7) is 2.71. The molecule has 0 radical (unpaired) electrons. The van der Waals surface area contributed by atoms with Gasteiger partial charge in [0.25, 0.3) is 0 Å². The first-order valence-corrected chi connectivity index (χ1v) is 8.80. The van der Waals surface area contributed by atoms with Gasteiger partial charge in [-0.1, -0.05) is 25.3 Å². The van der Waals surface area contributed by atoms with Crippen molar-refractivity contribution in [3.63, 3.8) is 0 Å². The van der Waals surface area contributed by atoms with Crippen LogP contribution in [-0.2, 0) is 20.9 Å². The summed E-state index contributed by atoms with van der Waals surface area (Å²) in [6.07, 6.45) is 6.11. The van der Waals surface area contributed by atoms with Crippen LogP contribution in [0.2, 0.25) is 0 Å². The minimum atomic E-state index is -1.82. The molecule has 1 amide bonds. The van der Waals surface area contributed by atoms with Crippen molar-refractivity contribution in [2.75, 3.05) is 0 Å². The van der Waals surface area contributed by atoms with Crippen LogP contribution in [0.25, 0.3) is 0 Å². The maximum Gasteiger partial charge on any atom is 0.414 e. The van der Waals surface area contributed by atoms with E-state index in [1.807, 2.05) is 13.0 Å². The van der Waals surface area contributed by atoms with E-state index in [-0.39, 0.29) is 11.9 Å². The molecule has 1 aliphatic rings. The molecule has 1 aliphatic carbocycles. The third-order valence-electron chi connectivity index (χ3n) is 3.69. The predicted octanol–water partition coefficient (Wildman–Crippen LogP) is 1.83. The summed E-state index contributed by atoms with van der Waals surface area (Å²) in [6, 6.07) is 4.41. The molecule has 24 heavy (non-hydrogen) atoms. The second-order valence-electron chi connectivity index (χ2n) is 5.64. The summed E-state index contributed by atoms with van der Waals surface area (Å²) in [5.41, 5.74) is 0. The molecule has 1 unspecified atom stereocenters. The molecule has 1 atom stereocenters. The first-order valence-electron chi connectivity index (χ1n) is 7.92. The number of hydrogen-bond donors (Lipinski definition) is 4. The van der Waals surface area contributed by atoms with Crippen LogP contribution in [0.5, 0.6) is 0 Å². The lowest BCUT2D eigenvalue weighted by Gasteiger charge is -2.24. The number of hydrogen-bond acceptors (Lipinski definition) is 5. The van der Waals surface area contributed by atoms with Crippen molar-refractivity contribution in [3.8, 4) is 0 Å². The number of carbonyl (C=O) groups is 3. The summed E-state index contributed by atoms with van der Waals surface area (Å²) in [7, 11) is 0. The quantitative estimate of drug-likeness (QED) is 0.598. The topological polar surface area (TPSA) is 116 Å². The summed E-state index contributed by atoms with van der Waals surface area (Å²) in [4.78, 5) is 31.5. The van der Waals surface area contributed by atoms with Crippen molar-refractivity contribution in [1.82, 2.24) is 10.6 Å². The maximum absolute atomic E-state index is 12.0. The van der Waals surface area contributed by atoms with Crippen molar-refractivity contribution in [2.45, 2.75) is 57.7 Å². The Bertz CT molecular complexity index is 515. The summed E-state index contributed by atoms with van der Waals surface area (Å²) >= 11 is 1.72. The van der Waals surface area contributed by atoms with Crippen LogP contribution in [-0.4, -0.2) is 40.1 Å². The second kappa shape index (κ2) is 10.8. The van der Waals surface area contributed by atoms with Gasteiger partial charge >= 0.3 is 11.9 Å². The molecule has 4 N–H and O–H groups in total. The smallest absolute Gasteiger partial charge is 0.414 e. The van der Waals surface area contributed by atoms with Gasteiger partial charge in [-0.25, -0.2) is 9.59 Å². The van der Waals surface area contributed by atoms with Crippen LogP contribution >= 0.6 is 11.3 Å². The summed E-state index contributed by atoms with van der Waals surface area (Å²) in [5, 5.41) is 23.3. The average molecular weight is 356 g/mol. The molecule has 7 nitrogen and oxygen atoms in total. The molecular formula is C16H24N2O5S. The Morgan fingerprint density at radius 3 is 2.33 bits per heavy atom. The third-order valence-corrected chi connectivity index (χ3v) is 4.57. The molecule has 1 fully saturated rings. The molecule has 1 aromatic rings. The molecule has 0 aliphatic heterocycles. The number of thiophene rings is 1. The first kappa shape index (κ1) is 20.1. The van der Waals surface area contributed by atoms with E-state index in [0.29, 0.717) is 6.04 Å². The highest BCUT2D eigenvalue weighted by Crippen LogP contribution is 2.17. The van der Waals surface area contributed by atoms with E-state index in [4.69, 9.17) is 19.8 Å². The largest absolute Gasteiger partial charge is 0.473 e. The highest BCUT2D eigenvalue weighted by atomic mass is 32.1. The molecule has 134 valence electrons. The van der Waals surface area contributed by atoms with E-state index in [1.54, 1.807) is 11.3 Å². The SMILES string of the molecule is CC(NCc1cccs1)C(=O)NC1CCCCC1.O=C(O)C(=O)O. The van der Waals surface area contributed by atoms with E-state index in [9.17, 15) is 4.79 Å². The molecule has 8 heteroatoms. The zero-order valence-electron chi connectivity index (χ0n) is 13.7. The van der Waals surface area contributed by atoms with Crippen molar-refractivity contribution < 1.29 is 24.6 Å². The lowest BCUT2D eigenvalue weighted by molar-refractivity contribution is -0.159. The van der Waals surface area contributed by atoms with Gasteiger partial charge in [0.1, 0.15) is 0 Å². The Morgan fingerprint density at radius 1 is 1.21 bits per heavy atom. The van der Waals surface area contributed by atoms with E-state index < -0.39 is 11.9 Å². The van der Waals surface area contributed by atoms with Gasteiger partial charge in [-0.05, 0) is 31.2 Å². The molecular weight excluding hydrogens is 332 g/mol. The average Bonchev–Trinajstić information content (AvgIpc) is 3.07. The van der Waals surface area contributed by atoms with Crippen LogP contribution in [0, 0.1) is 0 Å². The minimum Gasteiger partial charge on any atom is -0.473 e. The number of amides is 1. The van der Waals surface area contributed by atoms with Gasteiger partial charge in [0, 0.05) is 17.5 Å². The van der Waals surface area contributed by atoms with Gasteiger partial charge in [-0.15, -0.1) is 11.3 Å². The molecule has 0 aromatic carbocycles. The van der Waals surface area contributed by atoms with Gasteiger partial charge in [-0.3, -0.25) is 4.79 Å². The first-order chi connectivity index (χ1) is 11.4. The predicted molar refractivity (Wildman–Crippen MR) is 90.9 cm³/mol. The number of carboxylic acids is 2. The molecule has 1 saturated carbocycles. The maximum atomic E-state index is 12.0. The molecule has 1 aromatic heterocycles. The van der Waals surface area contributed by atoms with Crippen LogP contribution < -0.4 is 10.6 Å². The Morgan fingerprint density at radius 2 is 1.83 bits per heavy atom. The van der Waals surface area contributed by atoms with Crippen molar-refractivity contribution in [2.24, 2.45) is 0 Å².